The fourth-order valence-corrected chi connectivity index (χ4v) is 3.82. The van der Waals surface area contributed by atoms with Crippen LogP contribution >= 0.6 is 0 Å². The molecular formula is C22H25N5O3. The average Bonchev–Trinajstić information content (AvgIpc) is 3.42. The van der Waals surface area contributed by atoms with Crippen molar-refractivity contribution in [3.63, 3.8) is 0 Å². The number of aromatic nitrogens is 3. The summed E-state index contributed by atoms with van der Waals surface area (Å²) >= 11 is 0. The number of H-pyrrole nitrogens is 1. The van der Waals surface area contributed by atoms with Crippen LogP contribution in [0.3, 0.4) is 0 Å². The number of nitrogens with one attached hydrogen (secondary N) is 2. The standard InChI is InChI=1S/C22H25N5O3/c1-3-20(28)26-17-5-6-18(11-17)27(2)22(29)30-21-24-12-16(13-25-21)14-4-7-19-15(10-14)8-9-23-19/h4,7-10,12-13,17-18,23H,3,5-6,11H2,1-2H3,(H,26,28)/t17-,18+/m0/s1. The maximum atomic E-state index is 12.5. The molecule has 0 bridgehead atoms. The lowest BCUT2D eigenvalue weighted by Crippen LogP contribution is -2.39. The summed E-state index contributed by atoms with van der Waals surface area (Å²) in [7, 11) is 1.71. The molecule has 0 saturated heterocycles. The Morgan fingerprint density at radius 1 is 1.20 bits per heavy atom. The molecule has 0 spiro atoms. The summed E-state index contributed by atoms with van der Waals surface area (Å²) < 4.78 is 5.35. The number of aromatic amines is 1. The number of carbonyl (C=O) groups excluding carboxylic acids is 2. The first kappa shape index (κ1) is 19.9. The molecular weight excluding hydrogens is 382 g/mol. The number of benzene rings is 1. The zero-order chi connectivity index (χ0) is 21.1. The van der Waals surface area contributed by atoms with Crippen LogP contribution in [0.25, 0.3) is 22.0 Å². The SMILES string of the molecule is CCC(=O)N[C@H]1CC[C@@H](N(C)C(=O)Oc2ncc(-c3ccc4[nH]ccc4c3)cn2)C1. The van der Waals surface area contributed by atoms with Crippen molar-refractivity contribution in [1.82, 2.24) is 25.2 Å². The number of amides is 2. The van der Waals surface area contributed by atoms with Crippen LogP contribution in [-0.2, 0) is 4.79 Å². The molecule has 4 rings (SSSR count). The van der Waals surface area contributed by atoms with E-state index in [1.165, 1.54) is 0 Å². The minimum absolute atomic E-state index is 0.0204. The van der Waals surface area contributed by atoms with E-state index in [0.29, 0.717) is 6.42 Å². The van der Waals surface area contributed by atoms with E-state index in [4.69, 9.17) is 4.74 Å². The first-order valence-electron chi connectivity index (χ1n) is 10.2. The highest BCUT2D eigenvalue weighted by Crippen LogP contribution is 2.25. The zero-order valence-corrected chi connectivity index (χ0v) is 17.1. The van der Waals surface area contributed by atoms with Crippen molar-refractivity contribution in [1.29, 1.82) is 0 Å². The van der Waals surface area contributed by atoms with Gasteiger partial charge in [0, 0.05) is 55.2 Å². The summed E-state index contributed by atoms with van der Waals surface area (Å²) in [4.78, 5) is 37.2. The van der Waals surface area contributed by atoms with Crippen LogP contribution in [0.4, 0.5) is 4.79 Å². The van der Waals surface area contributed by atoms with Crippen LogP contribution < -0.4 is 10.1 Å². The Balaban J connectivity index is 1.36. The van der Waals surface area contributed by atoms with Crippen molar-refractivity contribution in [3.05, 3.63) is 42.9 Å². The number of fused-ring (bicyclic) bond motifs is 1. The average molecular weight is 407 g/mol. The largest absolute Gasteiger partial charge is 0.417 e. The van der Waals surface area contributed by atoms with Gasteiger partial charge >= 0.3 is 12.1 Å². The van der Waals surface area contributed by atoms with Gasteiger partial charge < -0.3 is 19.9 Å². The quantitative estimate of drug-likeness (QED) is 0.674. The van der Waals surface area contributed by atoms with E-state index < -0.39 is 6.09 Å². The smallest absolute Gasteiger partial charge is 0.374 e. The summed E-state index contributed by atoms with van der Waals surface area (Å²) in [5, 5.41) is 4.09. The van der Waals surface area contributed by atoms with Crippen molar-refractivity contribution in [2.45, 2.75) is 44.7 Å². The predicted octanol–water partition coefficient (Wildman–Crippen LogP) is 3.50. The van der Waals surface area contributed by atoms with Crippen molar-refractivity contribution in [2.75, 3.05) is 7.05 Å². The van der Waals surface area contributed by atoms with Crippen LogP contribution in [0, 0.1) is 0 Å². The topological polar surface area (TPSA) is 100 Å². The third-order valence-corrected chi connectivity index (χ3v) is 5.62. The van der Waals surface area contributed by atoms with Crippen LogP contribution in [0.15, 0.2) is 42.9 Å². The molecule has 2 amide bonds. The molecule has 0 unspecified atom stereocenters. The molecule has 1 aliphatic rings. The Bertz CT molecular complexity index is 1050. The second-order valence-electron chi connectivity index (χ2n) is 7.60. The van der Waals surface area contributed by atoms with Gasteiger partial charge in [0.05, 0.1) is 0 Å². The summed E-state index contributed by atoms with van der Waals surface area (Å²) in [6, 6.07) is 8.20. The molecule has 30 heavy (non-hydrogen) atoms. The van der Waals surface area contributed by atoms with Crippen molar-refractivity contribution in [2.24, 2.45) is 0 Å². The number of rotatable bonds is 5. The van der Waals surface area contributed by atoms with Crippen LogP contribution in [0.2, 0.25) is 0 Å². The number of nitrogens with zero attached hydrogens (tertiary/aromatic N) is 3. The molecule has 3 aromatic rings. The molecule has 8 heteroatoms. The van der Waals surface area contributed by atoms with E-state index in [1.807, 2.05) is 31.3 Å². The molecule has 2 heterocycles. The van der Waals surface area contributed by atoms with Crippen molar-refractivity contribution >= 4 is 22.9 Å². The van der Waals surface area contributed by atoms with Gasteiger partial charge in [0.15, 0.2) is 0 Å². The van der Waals surface area contributed by atoms with E-state index in [2.05, 4.69) is 26.3 Å². The zero-order valence-electron chi connectivity index (χ0n) is 17.1. The highest BCUT2D eigenvalue weighted by atomic mass is 16.6. The molecule has 2 N–H and O–H groups in total. The highest BCUT2D eigenvalue weighted by Gasteiger charge is 2.31. The molecule has 1 aromatic carbocycles. The van der Waals surface area contributed by atoms with Gasteiger partial charge in [0.25, 0.3) is 0 Å². The van der Waals surface area contributed by atoms with E-state index in [1.54, 1.807) is 24.3 Å². The highest BCUT2D eigenvalue weighted by molar-refractivity contribution is 5.84. The fourth-order valence-electron chi connectivity index (χ4n) is 3.82. The molecule has 1 fully saturated rings. The van der Waals surface area contributed by atoms with E-state index >= 15 is 0 Å². The Kier molecular flexibility index (Phi) is 5.65. The molecule has 2 aromatic heterocycles. The number of hydrogen-bond acceptors (Lipinski definition) is 5. The lowest BCUT2D eigenvalue weighted by molar-refractivity contribution is -0.121. The third kappa shape index (κ3) is 4.27. The second-order valence-corrected chi connectivity index (χ2v) is 7.60. The van der Waals surface area contributed by atoms with E-state index in [0.717, 1.165) is 41.3 Å². The summed E-state index contributed by atoms with van der Waals surface area (Å²) in [6.07, 6.45) is 7.55. The van der Waals surface area contributed by atoms with Crippen molar-refractivity contribution < 1.29 is 14.3 Å². The van der Waals surface area contributed by atoms with Crippen LogP contribution in [-0.4, -0.2) is 51.0 Å². The normalized spacial score (nSPS) is 18.3. The van der Waals surface area contributed by atoms with Gasteiger partial charge in [0.1, 0.15) is 0 Å². The number of ether oxygens (including phenoxy) is 1. The minimum atomic E-state index is -0.496. The molecule has 1 saturated carbocycles. The summed E-state index contributed by atoms with van der Waals surface area (Å²) in [5.41, 5.74) is 2.90. The molecule has 156 valence electrons. The lowest BCUT2D eigenvalue weighted by atomic mass is 10.1. The van der Waals surface area contributed by atoms with Gasteiger partial charge in [-0.3, -0.25) is 4.79 Å². The van der Waals surface area contributed by atoms with Gasteiger partial charge in [0.2, 0.25) is 5.91 Å². The molecule has 0 aliphatic heterocycles. The summed E-state index contributed by atoms with van der Waals surface area (Å²) in [5.74, 6) is 0.0371. The Morgan fingerprint density at radius 2 is 2.00 bits per heavy atom. The van der Waals surface area contributed by atoms with E-state index in [-0.39, 0.29) is 24.0 Å². The lowest BCUT2D eigenvalue weighted by Gasteiger charge is -2.23. The molecule has 2 atom stereocenters. The van der Waals surface area contributed by atoms with Gasteiger partial charge in [-0.05, 0) is 48.4 Å². The monoisotopic (exact) mass is 407 g/mol. The van der Waals surface area contributed by atoms with E-state index in [9.17, 15) is 9.59 Å². The second kappa shape index (κ2) is 8.52. The number of carbonyl (C=O) groups is 2. The molecule has 1 aliphatic carbocycles. The van der Waals surface area contributed by atoms with Gasteiger partial charge in [-0.1, -0.05) is 13.0 Å². The predicted molar refractivity (Wildman–Crippen MR) is 113 cm³/mol. The fraction of sp³-hybridized carbons (Fsp3) is 0.364. The Hall–Kier alpha value is -3.42. The number of hydrogen-bond donors (Lipinski definition) is 2. The first-order chi connectivity index (χ1) is 14.5. The summed E-state index contributed by atoms with van der Waals surface area (Å²) in [6.45, 7) is 1.83. The van der Waals surface area contributed by atoms with Gasteiger partial charge in [-0.15, -0.1) is 0 Å². The minimum Gasteiger partial charge on any atom is -0.374 e. The third-order valence-electron chi connectivity index (χ3n) is 5.62. The Labute approximate surface area is 174 Å². The van der Waals surface area contributed by atoms with Crippen molar-refractivity contribution in [3.8, 4) is 17.1 Å². The van der Waals surface area contributed by atoms with Gasteiger partial charge in [-0.25, -0.2) is 14.8 Å². The Morgan fingerprint density at radius 3 is 2.77 bits per heavy atom. The molecule has 0 radical (unpaired) electrons. The first-order valence-corrected chi connectivity index (χ1v) is 10.2. The maximum absolute atomic E-state index is 12.5. The maximum Gasteiger partial charge on any atom is 0.417 e. The van der Waals surface area contributed by atoms with Crippen LogP contribution in [0.1, 0.15) is 32.6 Å². The molecule has 8 nitrogen and oxygen atoms in total. The van der Waals surface area contributed by atoms with Crippen LogP contribution in [0.5, 0.6) is 6.01 Å². The van der Waals surface area contributed by atoms with Gasteiger partial charge in [-0.2, -0.15) is 0 Å².